The summed E-state index contributed by atoms with van der Waals surface area (Å²) in [6.45, 7) is 7.23. The molecular formula is C48H65N7O11. The number of aromatic hydroxyl groups is 3. The molecule has 0 bridgehead atoms. The summed E-state index contributed by atoms with van der Waals surface area (Å²) in [7, 11) is 1.42. The van der Waals surface area contributed by atoms with Crippen molar-refractivity contribution in [3.05, 3.63) is 89.5 Å². The Morgan fingerprint density at radius 1 is 0.697 bits per heavy atom. The van der Waals surface area contributed by atoms with Gasteiger partial charge in [-0.25, -0.2) is 9.59 Å². The molecule has 7 amide bonds. The van der Waals surface area contributed by atoms with E-state index in [0.29, 0.717) is 24.8 Å². The Hall–Kier alpha value is -6.85. The molecule has 0 radical (unpaired) electrons. The van der Waals surface area contributed by atoms with Crippen LogP contribution in [0.25, 0.3) is 0 Å². The van der Waals surface area contributed by atoms with Gasteiger partial charge in [0.15, 0.2) is 0 Å². The van der Waals surface area contributed by atoms with Crippen molar-refractivity contribution in [1.82, 2.24) is 36.8 Å². The number of hydrogen-bond donors (Lipinski definition) is 10. The first-order valence-electron chi connectivity index (χ1n) is 22.5. The highest BCUT2D eigenvalue weighted by Gasteiger charge is 2.37. The fourth-order valence-corrected chi connectivity index (χ4v) is 7.56. The lowest BCUT2D eigenvalue weighted by Gasteiger charge is -2.34. The van der Waals surface area contributed by atoms with Gasteiger partial charge in [0.25, 0.3) is 0 Å². The maximum Gasteiger partial charge on any atom is 0.326 e. The molecule has 10 N–H and O–H groups in total. The SMILES string of the molecule is CCC(C)C1NC(=O)C(CCc2ccc(O)cc2)NC(=O)C(CCc2ccc(O)cc2)N(C)C(=O)C(C(C)C)NC(=O)C(NC(=O)NC(Cc2ccc(O)cc2)C(=O)O)CCCCNC1=O. The Morgan fingerprint density at radius 3 is 1.76 bits per heavy atom. The van der Waals surface area contributed by atoms with Gasteiger partial charge in [0.1, 0.15) is 53.5 Å². The van der Waals surface area contributed by atoms with Crippen molar-refractivity contribution in [2.75, 3.05) is 13.6 Å². The zero-order chi connectivity index (χ0) is 48.5. The second kappa shape index (κ2) is 25.0. The first-order chi connectivity index (χ1) is 31.4. The molecule has 3 aromatic carbocycles. The Morgan fingerprint density at radius 2 is 1.23 bits per heavy atom. The Bertz CT molecular complexity index is 2120. The molecule has 0 saturated carbocycles. The molecule has 3 aromatic rings. The lowest BCUT2D eigenvalue weighted by molar-refractivity contribution is -0.144. The van der Waals surface area contributed by atoms with E-state index in [0.717, 1.165) is 11.1 Å². The number of carboxylic acids is 1. The van der Waals surface area contributed by atoms with E-state index >= 15 is 0 Å². The summed E-state index contributed by atoms with van der Waals surface area (Å²) >= 11 is 0. The number of nitrogens with zero attached hydrogens (tertiary/aromatic N) is 1. The Kier molecular flexibility index (Phi) is 19.6. The van der Waals surface area contributed by atoms with Gasteiger partial charge in [-0.1, -0.05) is 70.5 Å². The van der Waals surface area contributed by atoms with Gasteiger partial charge in [0.2, 0.25) is 29.5 Å². The van der Waals surface area contributed by atoms with E-state index in [-0.39, 0.29) is 68.2 Å². The van der Waals surface area contributed by atoms with Gasteiger partial charge < -0.3 is 57.2 Å². The summed E-state index contributed by atoms with van der Waals surface area (Å²) in [6, 6.07) is 10.3. The van der Waals surface area contributed by atoms with Gasteiger partial charge in [0.05, 0.1) is 0 Å². The van der Waals surface area contributed by atoms with Crippen LogP contribution in [-0.4, -0.2) is 117 Å². The van der Waals surface area contributed by atoms with Crippen molar-refractivity contribution in [2.24, 2.45) is 11.8 Å². The van der Waals surface area contributed by atoms with Gasteiger partial charge >= 0.3 is 12.0 Å². The van der Waals surface area contributed by atoms with Crippen LogP contribution >= 0.6 is 0 Å². The molecule has 1 fully saturated rings. The molecule has 4 rings (SSSR count). The van der Waals surface area contributed by atoms with Gasteiger partial charge in [0, 0.05) is 20.0 Å². The highest BCUT2D eigenvalue weighted by atomic mass is 16.4. The predicted molar refractivity (Wildman–Crippen MR) is 245 cm³/mol. The van der Waals surface area contributed by atoms with Gasteiger partial charge in [-0.05, 0) is 110 Å². The maximum absolute atomic E-state index is 14.6. The van der Waals surface area contributed by atoms with Crippen LogP contribution in [-0.2, 0) is 48.0 Å². The first-order valence-corrected chi connectivity index (χ1v) is 22.5. The number of hydrogen-bond acceptors (Lipinski definition) is 10. The van der Waals surface area contributed by atoms with Crippen LogP contribution in [0.3, 0.4) is 0 Å². The Labute approximate surface area is 385 Å². The van der Waals surface area contributed by atoms with E-state index in [1.807, 2.05) is 13.8 Å². The summed E-state index contributed by atoms with van der Waals surface area (Å²) in [5.41, 5.74) is 2.04. The third-order valence-corrected chi connectivity index (χ3v) is 11.9. The molecule has 1 aliphatic rings. The van der Waals surface area contributed by atoms with Crippen molar-refractivity contribution in [2.45, 2.75) is 122 Å². The molecule has 358 valence electrons. The van der Waals surface area contributed by atoms with Crippen LogP contribution in [0.2, 0.25) is 0 Å². The molecule has 66 heavy (non-hydrogen) atoms. The average Bonchev–Trinajstić information content (AvgIpc) is 3.28. The normalized spacial score (nSPS) is 21.5. The van der Waals surface area contributed by atoms with Gasteiger partial charge in [-0.3, -0.25) is 24.0 Å². The average molecular weight is 916 g/mol. The van der Waals surface area contributed by atoms with Crippen molar-refractivity contribution in [3.63, 3.8) is 0 Å². The van der Waals surface area contributed by atoms with Gasteiger partial charge in [-0.2, -0.15) is 0 Å². The zero-order valence-corrected chi connectivity index (χ0v) is 38.2. The molecule has 18 nitrogen and oxygen atoms in total. The number of aryl methyl sites for hydroxylation is 2. The number of carbonyl (C=O) groups excluding carboxylic acids is 6. The van der Waals surface area contributed by atoms with E-state index in [1.54, 1.807) is 38.1 Å². The van der Waals surface area contributed by atoms with E-state index in [4.69, 9.17) is 0 Å². The quantitative estimate of drug-likeness (QED) is 0.112. The molecule has 18 heteroatoms. The summed E-state index contributed by atoms with van der Waals surface area (Å²) in [6.07, 6.45) is 1.75. The van der Waals surface area contributed by atoms with Gasteiger partial charge in [-0.15, -0.1) is 0 Å². The highest BCUT2D eigenvalue weighted by Crippen LogP contribution is 2.19. The number of benzene rings is 3. The third kappa shape index (κ3) is 15.7. The summed E-state index contributed by atoms with van der Waals surface area (Å²) < 4.78 is 0. The predicted octanol–water partition coefficient (Wildman–Crippen LogP) is 3.02. The van der Waals surface area contributed by atoms with Crippen molar-refractivity contribution in [3.8, 4) is 17.2 Å². The number of phenolic OH excluding ortho intramolecular Hbond substituents is 3. The van der Waals surface area contributed by atoms with Crippen LogP contribution in [0.15, 0.2) is 72.8 Å². The standard InChI is InChI=1S/C48H65N7O11/c1-6-29(4)41-45(62)49-26-8-7-9-36(51-48(66)52-38(47(64)65)27-32-14-22-35(58)23-15-32)42(59)53-40(28(2)3)46(63)55(5)39(25-17-31-12-20-34(57)21-13-31)44(61)50-37(43(60)54-41)24-16-30-10-18-33(56)19-11-30/h10-15,18-23,28-29,36-41,56-58H,6-9,16-17,24-27H2,1-5H3,(H,49,62)(H,50,61)(H,53,59)(H,54,60)(H,64,65)(H2,51,52,66). The number of carbonyl (C=O) groups is 7. The molecule has 7 atom stereocenters. The number of urea groups is 1. The number of carboxylic acid groups (broad SMARTS) is 1. The number of rotatable bonds is 14. The highest BCUT2D eigenvalue weighted by molar-refractivity contribution is 5.96. The van der Waals surface area contributed by atoms with Crippen molar-refractivity contribution >= 4 is 41.5 Å². The van der Waals surface area contributed by atoms with E-state index in [2.05, 4.69) is 31.9 Å². The molecule has 7 unspecified atom stereocenters. The zero-order valence-electron chi connectivity index (χ0n) is 38.2. The van der Waals surface area contributed by atoms with Crippen LogP contribution in [0.1, 0.15) is 82.9 Å². The van der Waals surface area contributed by atoms with E-state index in [9.17, 15) is 54.0 Å². The molecule has 1 heterocycles. The second-order valence-corrected chi connectivity index (χ2v) is 17.3. The minimum Gasteiger partial charge on any atom is -0.508 e. The first kappa shape index (κ1) is 51.8. The van der Waals surface area contributed by atoms with Crippen molar-refractivity contribution < 1.29 is 54.0 Å². The minimum atomic E-state index is -1.41. The van der Waals surface area contributed by atoms with Crippen molar-refractivity contribution in [1.29, 1.82) is 0 Å². The molecule has 0 aromatic heterocycles. The minimum absolute atomic E-state index is 0.0189. The molecular weight excluding hydrogens is 851 g/mol. The number of aliphatic carboxylic acids is 1. The Balaban J connectivity index is 1.69. The maximum atomic E-state index is 14.6. The lowest BCUT2D eigenvalue weighted by Crippen LogP contribution is -2.61. The number of amides is 7. The topological polar surface area (TPSA) is 276 Å². The second-order valence-electron chi connectivity index (χ2n) is 17.3. The van der Waals surface area contributed by atoms with Crippen LogP contribution < -0.4 is 31.9 Å². The molecule has 0 aliphatic carbocycles. The monoisotopic (exact) mass is 915 g/mol. The molecule has 1 aliphatic heterocycles. The fraction of sp³-hybridized carbons (Fsp3) is 0.479. The van der Waals surface area contributed by atoms with Crippen LogP contribution in [0.5, 0.6) is 17.2 Å². The summed E-state index contributed by atoms with van der Waals surface area (Å²) in [5.74, 6) is -5.26. The lowest BCUT2D eigenvalue weighted by atomic mass is 9.96. The number of nitrogens with one attached hydrogen (secondary N) is 6. The largest absolute Gasteiger partial charge is 0.508 e. The molecule has 1 saturated heterocycles. The third-order valence-electron chi connectivity index (χ3n) is 11.9. The van der Waals surface area contributed by atoms with Crippen LogP contribution in [0.4, 0.5) is 4.79 Å². The fourth-order valence-electron chi connectivity index (χ4n) is 7.56. The van der Waals surface area contributed by atoms with E-state index in [1.165, 1.54) is 60.5 Å². The summed E-state index contributed by atoms with van der Waals surface area (Å²) in [5, 5.41) is 55.7. The smallest absolute Gasteiger partial charge is 0.326 e. The van der Waals surface area contributed by atoms with Crippen LogP contribution in [0, 0.1) is 11.8 Å². The number of phenols is 3. The molecule has 0 spiro atoms. The van der Waals surface area contributed by atoms with E-state index < -0.39 is 83.7 Å². The number of likely N-dealkylation sites (N-methyl/N-ethyl adjacent to an activating group) is 1. The summed E-state index contributed by atoms with van der Waals surface area (Å²) in [4.78, 5) is 98.2.